The topological polar surface area (TPSA) is 55.2 Å². The van der Waals surface area contributed by atoms with E-state index in [1.165, 1.54) is 0 Å². The van der Waals surface area contributed by atoms with Gasteiger partial charge in [-0.05, 0) is 19.8 Å². The Morgan fingerprint density at radius 1 is 1.59 bits per heavy atom. The third-order valence-electron chi connectivity index (χ3n) is 3.05. The Bertz CT molecular complexity index is 485. The second kappa shape index (κ2) is 5.07. The second-order valence-electron chi connectivity index (χ2n) is 4.11. The van der Waals surface area contributed by atoms with Crippen molar-refractivity contribution >= 4 is 26.0 Å². The van der Waals surface area contributed by atoms with Crippen molar-refractivity contribution in [2.45, 2.75) is 37.4 Å². The maximum Gasteiger partial charge on any atom is 0.262 e. The minimum absolute atomic E-state index is 0.0618. The lowest BCUT2D eigenvalue weighted by atomic mass is 10.3. The van der Waals surface area contributed by atoms with E-state index in [9.17, 15) is 8.42 Å². The summed E-state index contributed by atoms with van der Waals surface area (Å²) in [7, 11) is -3.42. The first-order valence-electron chi connectivity index (χ1n) is 5.69. The van der Waals surface area contributed by atoms with E-state index in [0.717, 1.165) is 19.4 Å². The molecule has 0 aliphatic carbocycles. The Morgan fingerprint density at radius 2 is 2.35 bits per heavy atom. The summed E-state index contributed by atoms with van der Waals surface area (Å²) in [5, 5.41) is 0.841. The monoisotopic (exact) mass is 321 g/mol. The molecule has 1 saturated heterocycles. The molecule has 96 valence electrons. The van der Waals surface area contributed by atoms with Gasteiger partial charge in [0.05, 0.1) is 6.33 Å². The molecule has 0 bridgehead atoms. The van der Waals surface area contributed by atoms with Crippen LogP contribution in [0.2, 0.25) is 0 Å². The van der Waals surface area contributed by atoms with Gasteiger partial charge in [-0.1, -0.05) is 15.9 Å². The van der Waals surface area contributed by atoms with E-state index >= 15 is 0 Å². The summed E-state index contributed by atoms with van der Waals surface area (Å²) in [6.07, 6.45) is 4.99. The lowest BCUT2D eigenvalue weighted by molar-refractivity contribution is 0.412. The zero-order valence-corrected chi connectivity index (χ0v) is 12.1. The number of halogens is 1. The summed E-state index contributed by atoms with van der Waals surface area (Å²) in [5.41, 5.74) is 0. The quantitative estimate of drug-likeness (QED) is 0.789. The maximum absolute atomic E-state index is 12.4. The molecule has 1 aromatic rings. The fourth-order valence-corrected chi connectivity index (χ4v) is 4.54. The molecular weight excluding hydrogens is 306 g/mol. The Hall–Kier alpha value is -0.400. The highest BCUT2D eigenvalue weighted by molar-refractivity contribution is 9.09. The Morgan fingerprint density at radius 3 is 2.94 bits per heavy atom. The number of rotatable bonds is 4. The number of sulfonamides is 1. The van der Waals surface area contributed by atoms with Crippen LogP contribution >= 0.6 is 15.9 Å². The summed E-state index contributed by atoms with van der Waals surface area (Å²) in [6.45, 7) is 3.27. The molecule has 0 saturated carbocycles. The number of hydrogen-bond donors (Lipinski definition) is 0. The SMILES string of the molecule is CCn1cnc(S(=O)(=O)N2CCCC2CBr)c1. The second-order valence-corrected chi connectivity index (χ2v) is 6.59. The highest BCUT2D eigenvalue weighted by Crippen LogP contribution is 2.26. The van der Waals surface area contributed by atoms with E-state index in [-0.39, 0.29) is 11.1 Å². The van der Waals surface area contributed by atoms with Gasteiger partial charge >= 0.3 is 0 Å². The van der Waals surface area contributed by atoms with E-state index in [2.05, 4.69) is 20.9 Å². The predicted molar refractivity (Wildman–Crippen MR) is 68.6 cm³/mol. The van der Waals surface area contributed by atoms with Crippen LogP contribution in [0.4, 0.5) is 0 Å². The van der Waals surface area contributed by atoms with E-state index in [0.29, 0.717) is 11.9 Å². The van der Waals surface area contributed by atoms with Crippen LogP contribution in [0, 0.1) is 0 Å². The first kappa shape index (κ1) is 13.0. The van der Waals surface area contributed by atoms with Crippen molar-refractivity contribution < 1.29 is 8.42 Å². The molecule has 0 radical (unpaired) electrons. The molecular formula is C10H16BrN3O2S. The van der Waals surface area contributed by atoms with Gasteiger partial charge in [-0.2, -0.15) is 4.31 Å². The Balaban J connectivity index is 2.29. The van der Waals surface area contributed by atoms with Gasteiger partial charge in [0, 0.05) is 30.7 Å². The molecule has 1 atom stereocenters. The maximum atomic E-state index is 12.4. The molecule has 1 aromatic heterocycles. The molecule has 5 nitrogen and oxygen atoms in total. The van der Waals surface area contributed by atoms with Gasteiger partial charge in [0.2, 0.25) is 0 Å². The zero-order chi connectivity index (χ0) is 12.5. The lowest BCUT2D eigenvalue weighted by Crippen LogP contribution is -2.36. The third-order valence-corrected chi connectivity index (χ3v) is 5.63. The smallest absolute Gasteiger partial charge is 0.262 e. The molecule has 2 rings (SSSR count). The fourth-order valence-electron chi connectivity index (χ4n) is 2.05. The van der Waals surface area contributed by atoms with Crippen LogP contribution in [-0.2, 0) is 16.6 Å². The Labute approximate surface area is 110 Å². The average Bonchev–Trinajstić information content (AvgIpc) is 2.97. The van der Waals surface area contributed by atoms with Crippen LogP contribution < -0.4 is 0 Å². The molecule has 1 aliphatic heterocycles. The molecule has 0 spiro atoms. The number of alkyl halides is 1. The predicted octanol–water partition coefficient (Wildman–Crippen LogP) is 1.45. The minimum Gasteiger partial charge on any atom is -0.336 e. The summed E-state index contributed by atoms with van der Waals surface area (Å²) < 4.78 is 28.1. The van der Waals surface area contributed by atoms with Crippen molar-refractivity contribution in [3.63, 3.8) is 0 Å². The van der Waals surface area contributed by atoms with E-state index in [1.807, 2.05) is 6.92 Å². The number of nitrogens with zero attached hydrogens (tertiary/aromatic N) is 3. The molecule has 1 unspecified atom stereocenters. The van der Waals surface area contributed by atoms with Crippen molar-refractivity contribution in [1.29, 1.82) is 0 Å². The average molecular weight is 322 g/mol. The van der Waals surface area contributed by atoms with Crippen molar-refractivity contribution in [2.75, 3.05) is 11.9 Å². The number of hydrogen-bond acceptors (Lipinski definition) is 3. The van der Waals surface area contributed by atoms with Gasteiger partial charge in [0.1, 0.15) is 0 Å². The fraction of sp³-hybridized carbons (Fsp3) is 0.700. The summed E-state index contributed by atoms with van der Waals surface area (Å²) in [4.78, 5) is 3.99. The van der Waals surface area contributed by atoms with Gasteiger partial charge in [0.15, 0.2) is 5.03 Å². The Kier molecular flexibility index (Phi) is 3.89. The third kappa shape index (κ3) is 2.41. The molecule has 1 fully saturated rings. The normalized spacial score (nSPS) is 22.1. The highest BCUT2D eigenvalue weighted by Gasteiger charge is 2.35. The first-order valence-corrected chi connectivity index (χ1v) is 8.25. The van der Waals surface area contributed by atoms with Crippen LogP contribution in [0.25, 0.3) is 0 Å². The molecule has 0 amide bonds. The minimum atomic E-state index is -3.42. The largest absolute Gasteiger partial charge is 0.336 e. The van der Waals surface area contributed by atoms with Crippen LogP contribution in [0.15, 0.2) is 17.6 Å². The molecule has 17 heavy (non-hydrogen) atoms. The lowest BCUT2D eigenvalue weighted by Gasteiger charge is -2.20. The number of aromatic nitrogens is 2. The summed E-state index contributed by atoms with van der Waals surface area (Å²) in [5.74, 6) is 0. The molecule has 7 heteroatoms. The van der Waals surface area contributed by atoms with Gasteiger partial charge in [-0.3, -0.25) is 0 Å². The molecule has 0 aromatic carbocycles. The van der Waals surface area contributed by atoms with Crippen LogP contribution in [0.1, 0.15) is 19.8 Å². The molecule has 0 N–H and O–H groups in total. The van der Waals surface area contributed by atoms with E-state index in [1.54, 1.807) is 21.4 Å². The zero-order valence-electron chi connectivity index (χ0n) is 9.71. The number of aryl methyl sites for hydroxylation is 1. The first-order chi connectivity index (χ1) is 8.09. The van der Waals surface area contributed by atoms with Crippen LogP contribution in [0.5, 0.6) is 0 Å². The van der Waals surface area contributed by atoms with Crippen LogP contribution in [0.3, 0.4) is 0 Å². The van der Waals surface area contributed by atoms with E-state index < -0.39 is 10.0 Å². The van der Waals surface area contributed by atoms with Crippen molar-refractivity contribution in [3.8, 4) is 0 Å². The molecule has 1 aliphatic rings. The van der Waals surface area contributed by atoms with Crippen molar-refractivity contribution in [1.82, 2.24) is 13.9 Å². The van der Waals surface area contributed by atoms with Crippen molar-refractivity contribution in [2.24, 2.45) is 0 Å². The molecule has 2 heterocycles. The van der Waals surface area contributed by atoms with Gasteiger partial charge < -0.3 is 4.57 Å². The highest BCUT2D eigenvalue weighted by atomic mass is 79.9. The number of imidazole rings is 1. The van der Waals surface area contributed by atoms with Crippen LogP contribution in [-0.4, -0.2) is 40.2 Å². The van der Waals surface area contributed by atoms with E-state index in [4.69, 9.17) is 0 Å². The standard InChI is InChI=1S/C10H16BrN3O2S/c1-2-13-7-10(12-8-13)17(15,16)14-5-3-4-9(14)6-11/h7-9H,2-6H2,1H3. The summed E-state index contributed by atoms with van der Waals surface area (Å²) >= 11 is 3.37. The van der Waals surface area contributed by atoms with Gasteiger partial charge in [-0.15, -0.1) is 0 Å². The van der Waals surface area contributed by atoms with Gasteiger partial charge in [-0.25, -0.2) is 13.4 Å². The summed E-state index contributed by atoms with van der Waals surface area (Å²) in [6, 6.07) is 0.0618. The van der Waals surface area contributed by atoms with Gasteiger partial charge in [0.25, 0.3) is 10.0 Å². The van der Waals surface area contributed by atoms with Crippen molar-refractivity contribution in [3.05, 3.63) is 12.5 Å².